The monoisotopic (exact) mass is 255 g/mol. The van der Waals surface area contributed by atoms with Crippen molar-refractivity contribution in [2.24, 2.45) is 0 Å². The second kappa shape index (κ2) is 6.37. The second-order valence-electron chi connectivity index (χ2n) is 4.48. The highest BCUT2D eigenvalue weighted by molar-refractivity contribution is 5.66. The van der Waals surface area contributed by atoms with Gasteiger partial charge in [-0.25, -0.2) is 0 Å². The first kappa shape index (κ1) is 13.6. The Morgan fingerprint density at radius 2 is 1.74 bits per heavy atom. The molecule has 3 rings (SSSR count). The minimum absolute atomic E-state index is 0.459. The molecule has 1 aromatic carbocycles. The van der Waals surface area contributed by atoms with E-state index in [1.807, 2.05) is 45.2 Å². The predicted octanol–water partition coefficient (Wildman–Crippen LogP) is 4.62. The Kier molecular flexibility index (Phi) is 4.56. The van der Waals surface area contributed by atoms with Gasteiger partial charge in [-0.05, 0) is 43.5 Å². The van der Waals surface area contributed by atoms with Gasteiger partial charge >= 0.3 is 0 Å². The summed E-state index contributed by atoms with van der Waals surface area (Å²) in [7, 11) is 0. The summed E-state index contributed by atoms with van der Waals surface area (Å²) in [5.74, 6) is 0.970. The molecule has 0 bridgehead atoms. The van der Waals surface area contributed by atoms with E-state index in [2.05, 4.69) is 23.2 Å². The van der Waals surface area contributed by atoms with Crippen LogP contribution in [-0.4, -0.2) is 11.1 Å². The van der Waals surface area contributed by atoms with Gasteiger partial charge < -0.3 is 4.74 Å². The van der Waals surface area contributed by atoms with Crippen LogP contribution in [0.1, 0.15) is 32.4 Å². The molecule has 2 aromatic rings. The molecule has 0 unspecified atom stereocenters. The van der Waals surface area contributed by atoms with Crippen LogP contribution in [0.2, 0.25) is 0 Å². The lowest BCUT2D eigenvalue weighted by Gasteiger charge is -2.07. The van der Waals surface area contributed by atoms with Gasteiger partial charge in [0.25, 0.3) is 0 Å². The largest absolute Gasteiger partial charge is 0.490 e. The van der Waals surface area contributed by atoms with Crippen LogP contribution in [0, 0.1) is 6.92 Å². The fraction of sp³-hybridized carbons (Fsp3) is 0.353. The smallest absolute Gasteiger partial charge is 0.119 e. The molecule has 1 aromatic heterocycles. The number of hydrogen-bond acceptors (Lipinski definition) is 2. The van der Waals surface area contributed by atoms with Crippen LogP contribution >= 0.6 is 0 Å². The maximum atomic E-state index is 5.73. The summed E-state index contributed by atoms with van der Waals surface area (Å²) in [4.78, 5) is 4.31. The van der Waals surface area contributed by atoms with E-state index in [0.29, 0.717) is 6.10 Å². The molecule has 100 valence electrons. The zero-order valence-electron chi connectivity index (χ0n) is 11.9. The highest BCUT2D eigenvalue weighted by Gasteiger charge is 2.23. The van der Waals surface area contributed by atoms with Crippen LogP contribution in [0.5, 0.6) is 5.75 Å². The van der Waals surface area contributed by atoms with E-state index in [1.54, 1.807) is 0 Å². The van der Waals surface area contributed by atoms with Crippen LogP contribution in [0.4, 0.5) is 0 Å². The van der Waals surface area contributed by atoms with Gasteiger partial charge in [0.2, 0.25) is 0 Å². The third kappa shape index (κ3) is 3.57. The van der Waals surface area contributed by atoms with Crippen LogP contribution in [0.25, 0.3) is 11.1 Å². The first-order valence-corrected chi connectivity index (χ1v) is 7.01. The lowest BCUT2D eigenvalue weighted by atomic mass is 10.0. The zero-order valence-corrected chi connectivity index (χ0v) is 11.9. The number of aromatic nitrogens is 1. The zero-order chi connectivity index (χ0) is 13.7. The van der Waals surface area contributed by atoms with Gasteiger partial charge in [0.15, 0.2) is 0 Å². The first-order chi connectivity index (χ1) is 9.33. The van der Waals surface area contributed by atoms with Crippen molar-refractivity contribution in [2.45, 2.75) is 39.7 Å². The predicted molar refractivity (Wildman–Crippen MR) is 79.4 cm³/mol. The van der Waals surface area contributed by atoms with E-state index >= 15 is 0 Å². The Bertz CT molecular complexity index is 515. The molecular formula is C17H21NO. The highest BCUT2D eigenvalue weighted by atomic mass is 16.5. The van der Waals surface area contributed by atoms with Gasteiger partial charge in [-0.15, -0.1) is 0 Å². The van der Waals surface area contributed by atoms with Gasteiger partial charge in [-0.2, -0.15) is 0 Å². The average molecular weight is 255 g/mol. The maximum absolute atomic E-state index is 5.73. The van der Waals surface area contributed by atoms with Crippen molar-refractivity contribution in [1.29, 1.82) is 0 Å². The molecule has 1 aliphatic carbocycles. The number of rotatable bonds is 3. The molecule has 1 fully saturated rings. The fourth-order valence-electron chi connectivity index (χ4n) is 1.88. The van der Waals surface area contributed by atoms with Crippen LogP contribution in [0.3, 0.4) is 0 Å². The second-order valence-corrected chi connectivity index (χ2v) is 4.48. The Balaban J connectivity index is 0.000000637. The van der Waals surface area contributed by atoms with E-state index in [0.717, 1.165) is 11.4 Å². The molecule has 1 aliphatic rings. The van der Waals surface area contributed by atoms with Crippen molar-refractivity contribution < 1.29 is 4.74 Å². The van der Waals surface area contributed by atoms with Crippen molar-refractivity contribution in [3.63, 3.8) is 0 Å². The molecule has 0 radical (unpaired) electrons. The lowest BCUT2D eigenvalue weighted by molar-refractivity contribution is 0.303. The van der Waals surface area contributed by atoms with E-state index < -0.39 is 0 Å². The minimum atomic E-state index is 0.459. The topological polar surface area (TPSA) is 22.1 Å². The highest BCUT2D eigenvalue weighted by Crippen LogP contribution is 2.29. The van der Waals surface area contributed by atoms with Gasteiger partial charge in [-0.1, -0.05) is 32.0 Å². The van der Waals surface area contributed by atoms with E-state index in [1.165, 1.54) is 24.0 Å². The van der Waals surface area contributed by atoms with Crippen LogP contribution in [-0.2, 0) is 0 Å². The quantitative estimate of drug-likeness (QED) is 0.798. The first-order valence-electron chi connectivity index (χ1n) is 7.01. The van der Waals surface area contributed by atoms with Crippen molar-refractivity contribution in [3.05, 3.63) is 48.3 Å². The number of pyridine rings is 1. The number of ether oxygens (including phenoxy) is 1. The third-order valence-corrected chi connectivity index (χ3v) is 3.00. The third-order valence-electron chi connectivity index (χ3n) is 3.00. The molecule has 2 nitrogen and oxygen atoms in total. The SMILES string of the molecule is CC.Cc1ncccc1-c1ccc(OC2CC2)cc1. The molecule has 0 atom stereocenters. The number of nitrogens with zero attached hydrogens (tertiary/aromatic N) is 1. The lowest BCUT2D eigenvalue weighted by Crippen LogP contribution is -1.95. The Hall–Kier alpha value is -1.83. The summed E-state index contributed by atoms with van der Waals surface area (Å²) in [5.41, 5.74) is 3.44. The summed E-state index contributed by atoms with van der Waals surface area (Å²) >= 11 is 0. The normalized spacial score (nSPS) is 13.4. The molecule has 1 heterocycles. The van der Waals surface area contributed by atoms with Gasteiger partial charge in [0.1, 0.15) is 5.75 Å². The summed E-state index contributed by atoms with van der Waals surface area (Å²) < 4.78 is 5.73. The maximum Gasteiger partial charge on any atom is 0.119 e. The van der Waals surface area contributed by atoms with Crippen LogP contribution in [0.15, 0.2) is 42.6 Å². The number of hydrogen-bond donors (Lipinski definition) is 0. The molecule has 0 aliphatic heterocycles. The molecule has 0 saturated heterocycles. The van der Waals surface area contributed by atoms with Crippen molar-refractivity contribution in [3.8, 4) is 16.9 Å². The van der Waals surface area contributed by atoms with Gasteiger partial charge in [0, 0.05) is 17.5 Å². The molecule has 0 spiro atoms. The molecule has 19 heavy (non-hydrogen) atoms. The molecule has 0 amide bonds. The molecule has 1 saturated carbocycles. The molecule has 0 N–H and O–H groups in total. The van der Waals surface area contributed by atoms with Gasteiger partial charge in [-0.3, -0.25) is 4.98 Å². The van der Waals surface area contributed by atoms with Crippen LogP contribution < -0.4 is 4.74 Å². The Morgan fingerprint density at radius 1 is 1.05 bits per heavy atom. The Morgan fingerprint density at radius 3 is 2.32 bits per heavy atom. The average Bonchev–Trinajstić information content (AvgIpc) is 3.27. The molecule has 2 heteroatoms. The number of benzene rings is 1. The van der Waals surface area contributed by atoms with E-state index in [4.69, 9.17) is 4.74 Å². The summed E-state index contributed by atoms with van der Waals surface area (Å²) in [6.45, 7) is 6.03. The Labute approximate surface area is 115 Å². The standard InChI is InChI=1S/C15H15NO.C2H6/c1-11-15(3-2-10-16-11)12-4-6-13(7-5-12)17-14-8-9-14;1-2/h2-7,10,14H,8-9H2,1H3;1-2H3. The summed E-state index contributed by atoms with van der Waals surface area (Å²) in [6.07, 6.45) is 4.68. The van der Waals surface area contributed by atoms with E-state index in [-0.39, 0.29) is 0 Å². The fourth-order valence-corrected chi connectivity index (χ4v) is 1.88. The molecular weight excluding hydrogens is 234 g/mol. The van der Waals surface area contributed by atoms with Crippen molar-refractivity contribution in [2.75, 3.05) is 0 Å². The summed E-state index contributed by atoms with van der Waals surface area (Å²) in [6, 6.07) is 12.3. The summed E-state index contributed by atoms with van der Waals surface area (Å²) in [5, 5.41) is 0. The van der Waals surface area contributed by atoms with Gasteiger partial charge in [0.05, 0.1) is 6.10 Å². The minimum Gasteiger partial charge on any atom is -0.490 e. The number of aryl methyl sites for hydroxylation is 1. The van der Waals surface area contributed by atoms with Crippen molar-refractivity contribution in [1.82, 2.24) is 4.98 Å². The van der Waals surface area contributed by atoms with E-state index in [9.17, 15) is 0 Å². The van der Waals surface area contributed by atoms with Crippen molar-refractivity contribution >= 4 is 0 Å².